The summed E-state index contributed by atoms with van der Waals surface area (Å²) in [6.07, 6.45) is 7.31. The number of halogens is 1. The molecule has 0 saturated heterocycles. The van der Waals surface area contributed by atoms with E-state index in [1.54, 1.807) is 18.7 Å². The Hall–Kier alpha value is -2.08. The van der Waals surface area contributed by atoms with E-state index in [0.717, 1.165) is 50.6 Å². The Morgan fingerprint density at radius 2 is 2.11 bits per heavy atom. The standard InChI is InChI=1S/C22H19ClN2OS2/c1-15(26)16-6-5-7-17(10-16)20-11-18(28-19-12-21(23)27-14-19)13-24-22(20)25-8-3-2-4-9-25/h2-3,5-7,10-14H,4,8-9H2,1H3. The highest BCUT2D eigenvalue weighted by molar-refractivity contribution is 7.99. The van der Waals surface area contributed by atoms with Gasteiger partial charge in [-0.25, -0.2) is 4.98 Å². The predicted octanol–water partition coefficient (Wildman–Crippen LogP) is 6.58. The van der Waals surface area contributed by atoms with Gasteiger partial charge in [0.05, 0.1) is 4.34 Å². The molecule has 0 aliphatic carbocycles. The highest BCUT2D eigenvalue weighted by Crippen LogP contribution is 2.38. The molecular weight excluding hydrogens is 408 g/mol. The van der Waals surface area contributed by atoms with E-state index in [1.807, 2.05) is 41.9 Å². The average molecular weight is 427 g/mol. The van der Waals surface area contributed by atoms with Crippen LogP contribution in [0.2, 0.25) is 4.34 Å². The smallest absolute Gasteiger partial charge is 0.159 e. The van der Waals surface area contributed by atoms with Gasteiger partial charge >= 0.3 is 0 Å². The minimum absolute atomic E-state index is 0.0655. The zero-order valence-electron chi connectivity index (χ0n) is 15.4. The maximum atomic E-state index is 11.9. The van der Waals surface area contributed by atoms with Gasteiger partial charge in [-0.3, -0.25) is 4.79 Å². The Bertz CT molecular complexity index is 1040. The zero-order chi connectivity index (χ0) is 19.5. The molecule has 3 aromatic rings. The second-order valence-electron chi connectivity index (χ2n) is 6.57. The number of pyridine rings is 1. The summed E-state index contributed by atoms with van der Waals surface area (Å²) in [7, 11) is 0. The number of anilines is 1. The first-order valence-electron chi connectivity index (χ1n) is 9.03. The van der Waals surface area contributed by atoms with Crippen molar-refractivity contribution in [2.24, 2.45) is 0 Å². The molecule has 0 radical (unpaired) electrons. The molecule has 28 heavy (non-hydrogen) atoms. The fourth-order valence-corrected chi connectivity index (χ4v) is 5.13. The fraction of sp³-hybridized carbons (Fsp3) is 0.182. The van der Waals surface area contributed by atoms with Crippen molar-refractivity contribution in [1.82, 2.24) is 4.98 Å². The molecule has 1 aliphatic rings. The van der Waals surface area contributed by atoms with Gasteiger partial charge < -0.3 is 4.90 Å². The first kappa shape index (κ1) is 19.2. The molecule has 3 nitrogen and oxygen atoms in total. The molecular formula is C22H19ClN2OS2. The van der Waals surface area contributed by atoms with Crippen LogP contribution in [0, 0.1) is 0 Å². The van der Waals surface area contributed by atoms with Crippen molar-refractivity contribution < 1.29 is 4.79 Å². The summed E-state index contributed by atoms with van der Waals surface area (Å²) in [5, 5.41) is 2.05. The summed E-state index contributed by atoms with van der Waals surface area (Å²) >= 11 is 9.25. The first-order valence-corrected chi connectivity index (χ1v) is 11.1. The molecule has 0 atom stereocenters. The topological polar surface area (TPSA) is 33.2 Å². The van der Waals surface area contributed by atoms with Crippen LogP contribution in [0.5, 0.6) is 0 Å². The highest BCUT2D eigenvalue weighted by atomic mass is 35.5. The van der Waals surface area contributed by atoms with Crippen LogP contribution in [0.1, 0.15) is 23.7 Å². The van der Waals surface area contributed by atoms with E-state index in [2.05, 4.69) is 23.1 Å². The SMILES string of the molecule is CC(=O)c1cccc(-c2cc(Sc3csc(Cl)c3)cnc2N2CC=CCC2)c1. The van der Waals surface area contributed by atoms with Crippen molar-refractivity contribution >= 4 is 46.3 Å². The maximum absolute atomic E-state index is 11.9. The summed E-state index contributed by atoms with van der Waals surface area (Å²) in [6, 6.07) is 11.9. The highest BCUT2D eigenvalue weighted by Gasteiger charge is 2.17. The van der Waals surface area contributed by atoms with Crippen LogP contribution in [-0.4, -0.2) is 23.9 Å². The van der Waals surface area contributed by atoms with Gasteiger partial charge in [0.15, 0.2) is 5.78 Å². The summed E-state index contributed by atoms with van der Waals surface area (Å²) in [6.45, 7) is 3.38. The van der Waals surface area contributed by atoms with Crippen molar-refractivity contribution in [3.8, 4) is 11.1 Å². The maximum Gasteiger partial charge on any atom is 0.159 e. The molecule has 0 N–H and O–H groups in total. The minimum Gasteiger partial charge on any atom is -0.352 e. The molecule has 142 valence electrons. The van der Waals surface area contributed by atoms with Crippen molar-refractivity contribution in [2.45, 2.75) is 23.1 Å². The van der Waals surface area contributed by atoms with Crippen molar-refractivity contribution in [1.29, 1.82) is 0 Å². The van der Waals surface area contributed by atoms with Crippen LogP contribution in [0.25, 0.3) is 11.1 Å². The molecule has 0 amide bonds. The fourth-order valence-electron chi connectivity index (χ4n) is 3.18. The van der Waals surface area contributed by atoms with E-state index in [4.69, 9.17) is 16.6 Å². The third-order valence-electron chi connectivity index (χ3n) is 4.56. The Labute approximate surface area is 178 Å². The number of thiophene rings is 1. The summed E-state index contributed by atoms with van der Waals surface area (Å²) < 4.78 is 0.779. The Morgan fingerprint density at radius 1 is 1.21 bits per heavy atom. The van der Waals surface area contributed by atoms with E-state index in [0.29, 0.717) is 5.56 Å². The van der Waals surface area contributed by atoms with E-state index in [-0.39, 0.29) is 5.78 Å². The number of nitrogens with zero attached hydrogens (tertiary/aromatic N) is 2. The monoisotopic (exact) mass is 426 g/mol. The number of Topliss-reactive ketones (excluding diaryl/α,β-unsaturated/α-hetero) is 1. The number of rotatable bonds is 5. The molecule has 3 heterocycles. The van der Waals surface area contributed by atoms with Crippen LogP contribution < -0.4 is 4.90 Å². The molecule has 2 aromatic heterocycles. The molecule has 4 rings (SSSR count). The van der Waals surface area contributed by atoms with Crippen LogP contribution in [0.15, 0.2) is 69.9 Å². The van der Waals surface area contributed by atoms with Gasteiger partial charge in [0.2, 0.25) is 0 Å². The molecule has 0 fully saturated rings. The summed E-state index contributed by atoms with van der Waals surface area (Å²) in [5.41, 5.74) is 2.77. The van der Waals surface area contributed by atoms with Crippen LogP contribution in [-0.2, 0) is 0 Å². The van der Waals surface area contributed by atoms with Crippen molar-refractivity contribution in [3.05, 3.63) is 70.0 Å². The predicted molar refractivity (Wildman–Crippen MR) is 119 cm³/mol. The van der Waals surface area contributed by atoms with Gasteiger partial charge in [-0.2, -0.15) is 0 Å². The molecule has 0 saturated carbocycles. The lowest BCUT2D eigenvalue weighted by Crippen LogP contribution is -2.28. The minimum atomic E-state index is 0.0655. The molecule has 0 spiro atoms. The molecule has 1 aliphatic heterocycles. The third-order valence-corrected chi connectivity index (χ3v) is 6.73. The number of hydrogen-bond donors (Lipinski definition) is 0. The summed E-state index contributed by atoms with van der Waals surface area (Å²) in [5.74, 6) is 1.02. The zero-order valence-corrected chi connectivity index (χ0v) is 17.8. The molecule has 0 bridgehead atoms. The van der Waals surface area contributed by atoms with Gasteiger partial charge in [-0.15, -0.1) is 11.3 Å². The lowest BCUT2D eigenvalue weighted by molar-refractivity contribution is 0.101. The van der Waals surface area contributed by atoms with Gasteiger partial charge in [0.25, 0.3) is 0 Å². The van der Waals surface area contributed by atoms with Crippen molar-refractivity contribution in [3.63, 3.8) is 0 Å². The van der Waals surface area contributed by atoms with Crippen LogP contribution in [0.3, 0.4) is 0 Å². The Kier molecular flexibility index (Phi) is 5.85. The van der Waals surface area contributed by atoms with Crippen LogP contribution >= 0.6 is 34.7 Å². The van der Waals surface area contributed by atoms with Crippen LogP contribution in [0.4, 0.5) is 5.82 Å². The lowest BCUT2D eigenvalue weighted by Gasteiger charge is -2.27. The van der Waals surface area contributed by atoms with Gasteiger partial charge in [-0.05, 0) is 37.1 Å². The number of aromatic nitrogens is 1. The average Bonchev–Trinajstić information content (AvgIpc) is 3.13. The third kappa shape index (κ3) is 4.32. The van der Waals surface area contributed by atoms with E-state index < -0.39 is 0 Å². The normalized spacial score (nSPS) is 13.7. The number of benzene rings is 1. The largest absolute Gasteiger partial charge is 0.352 e. The Balaban J connectivity index is 1.77. The lowest BCUT2D eigenvalue weighted by atomic mass is 10.0. The number of ketones is 1. The van der Waals surface area contributed by atoms with E-state index in [1.165, 1.54) is 11.3 Å². The number of hydrogen-bond acceptors (Lipinski definition) is 5. The van der Waals surface area contributed by atoms with Crippen molar-refractivity contribution in [2.75, 3.05) is 18.0 Å². The van der Waals surface area contributed by atoms with E-state index >= 15 is 0 Å². The Morgan fingerprint density at radius 3 is 2.82 bits per heavy atom. The van der Waals surface area contributed by atoms with Gasteiger partial charge in [0.1, 0.15) is 5.82 Å². The van der Waals surface area contributed by atoms with E-state index in [9.17, 15) is 4.79 Å². The second kappa shape index (κ2) is 8.52. The van der Waals surface area contributed by atoms with Gasteiger partial charge in [-0.1, -0.05) is 53.7 Å². The molecule has 6 heteroatoms. The van der Waals surface area contributed by atoms with Gasteiger partial charge in [0, 0.05) is 45.6 Å². The molecule has 0 unspecified atom stereocenters. The second-order valence-corrected chi connectivity index (χ2v) is 9.26. The first-order chi connectivity index (χ1) is 13.6. The quantitative estimate of drug-likeness (QED) is 0.340. The molecule has 1 aromatic carbocycles. The summed E-state index contributed by atoms with van der Waals surface area (Å²) in [4.78, 5) is 21.1. The number of carbonyl (C=O) groups excluding carboxylic acids is 1. The number of carbonyl (C=O) groups is 1.